The van der Waals surface area contributed by atoms with Crippen LogP contribution < -0.4 is 10.5 Å². The van der Waals surface area contributed by atoms with Crippen molar-refractivity contribution in [2.45, 2.75) is 4.90 Å². The van der Waals surface area contributed by atoms with E-state index in [2.05, 4.69) is 37.5 Å². The molecule has 0 aliphatic rings. The van der Waals surface area contributed by atoms with Crippen LogP contribution in [0, 0.1) is 28.9 Å². The lowest BCUT2D eigenvalue weighted by Gasteiger charge is -2.11. The molecule has 0 bridgehead atoms. The van der Waals surface area contributed by atoms with Gasteiger partial charge in [0.25, 0.3) is 10.0 Å². The van der Waals surface area contributed by atoms with Crippen molar-refractivity contribution in [3.8, 4) is 11.8 Å². The van der Waals surface area contributed by atoms with E-state index >= 15 is 0 Å². The number of hydrogen-bond acceptors (Lipinski definition) is 5. The summed E-state index contributed by atoms with van der Waals surface area (Å²) in [6.07, 6.45) is 2.26. The van der Waals surface area contributed by atoms with Gasteiger partial charge in [0.05, 0.1) is 21.2 Å². The summed E-state index contributed by atoms with van der Waals surface area (Å²) in [5, 5.41) is 7.41. The molecule has 3 aromatic rings. The number of nitrogens with one attached hydrogen (secondary N) is 2. The van der Waals surface area contributed by atoms with E-state index in [-0.39, 0.29) is 21.3 Å². The zero-order chi connectivity index (χ0) is 22.8. The van der Waals surface area contributed by atoms with Crippen molar-refractivity contribution in [3.63, 3.8) is 0 Å². The van der Waals surface area contributed by atoms with Gasteiger partial charge < -0.3 is 11.1 Å². The first-order valence-corrected chi connectivity index (χ1v) is 11.0. The highest BCUT2D eigenvalue weighted by Gasteiger charge is 2.20. The lowest BCUT2D eigenvalue weighted by molar-refractivity contribution is 0.578. The minimum absolute atomic E-state index is 0.113. The van der Waals surface area contributed by atoms with Gasteiger partial charge in [0.15, 0.2) is 5.82 Å². The number of nitrogens with two attached hydrogens (primary N) is 1. The molecule has 0 fully saturated rings. The molecule has 11 heteroatoms. The van der Waals surface area contributed by atoms with Gasteiger partial charge in [-0.15, -0.1) is 0 Å². The number of rotatable bonds is 4. The largest absolute Gasteiger partial charge is 0.383 e. The second kappa shape index (κ2) is 9.01. The summed E-state index contributed by atoms with van der Waals surface area (Å²) in [5.74, 6) is 2.81. The van der Waals surface area contributed by atoms with Crippen LogP contribution in [-0.2, 0) is 10.0 Å². The third-order valence-corrected chi connectivity index (χ3v) is 6.57. The second-order valence-electron chi connectivity index (χ2n) is 6.06. The second-order valence-corrected chi connectivity index (χ2v) is 9.00. The topological polar surface area (TPSA) is 109 Å². The van der Waals surface area contributed by atoms with Crippen LogP contribution in [0.1, 0.15) is 16.7 Å². The van der Waals surface area contributed by atoms with Crippen molar-refractivity contribution in [2.24, 2.45) is 0 Å². The summed E-state index contributed by atoms with van der Waals surface area (Å²) in [4.78, 5) is 3.65. The Balaban J connectivity index is 1.98. The molecule has 0 saturated carbocycles. The molecular formula is C20H12BrClF2N4O2S. The van der Waals surface area contributed by atoms with Gasteiger partial charge in [0.1, 0.15) is 11.6 Å². The molecule has 2 aromatic carbocycles. The fourth-order valence-corrected chi connectivity index (χ4v) is 3.98. The summed E-state index contributed by atoms with van der Waals surface area (Å²) >= 11 is 9.08. The predicted molar refractivity (Wildman–Crippen MR) is 119 cm³/mol. The fourth-order valence-electron chi connectivity index (χ4n) is 2.40. The van der Waals surface area contributed by atoms with E-state index in [1.54, 1.807) is 0 Å². The van der Waals surface area contributed by atoms with Crippen molar-refractivity contribution >= 4 is 55.3 Å². The van der Waals surface area contributed by atoms with Gasteiger partial charge in [-0.25, -0.2) is 22.2 Å². The standard InChI is InChI=1S/C20H12BrClF2N4O2S/c21-15-4-2-13(8-16(15)22)31(29,30)28-18-6-5-17(23)14(19(18)24)3-1-11-7-12(9-25)20(26)27-10-11/h2,4-10,25,28H,(H2,26,27). The number of sulfonamides is 1. The van der Waals surface area contributed by atoms with Crippen LogP contribution in [0.4, 0.5) is 20.3 Å². The minimum Gasteiger partial charge on any atom is -0.383 e. The average molecular weight is 526 g/mol. The third kappa shape index (κ3) is 5.02. The number of pyridine rings is 1. The molecule has 0 aliphatic carbocycles. The molecule has 0 amide bonds. The normalized spacial score (nSPS) is 10.8. The van der Waals surface area contributed by atoms with Gasteiger partial charge in [0.2, 0.25) is 0 Å². The van der Waals surface area contributed by atoms with Crippen LogP contribution in [0.3, 0.4) is 0 Å². The van der Waals surface area contributed by atoms with E-state index in [1.807, 2.05) is 0 Å². The van der Waals surface area contributed by atoms with Crippen LogP contribution in [0.25, 0.3) is 0 Å². The van der Waals surface area contributed by atoms with Gasteiger partial charge in [-0.2, -0.15) is 0 Å². The first-order valence-electron chi connectivity index (χ1n) is 8.36. The summed E-state index contributed by atoms with van der Waals surface area (Å²) in [5.41, 5.74) is 5.03. The molecule has 31 heavy (non-hydrogen) atoms. The van der Waals surface area contributed by atoms with E-state index in [0.717, 1.165) is 18.3 Å². The molecule has 0 radical (unpaired) electrons. The Morgan fingerprint density at radius 2 is 1.94 bits per heavy atom. The van der Waals surface area contributed by atoms with Crippen molar-refractivity contribution in [1.82, 2.24) is 4.98 Å². The van der Waals surface area contributed by atoms with Crippen molar-refractivity contribution in [3.05, 3.63) is 80.4 Å². The van der Waals surface area contributed by atoms with Crippen LogP contribution in [0.5, 0.6) is 0 Å². The molecule has 1 aromatic heterocycles. The first-order chi connectivity index (χ1) is 14.6. The van der Waals surface area contributed by atoms with Crippen LogP contribution in [0.2, 0.25) is 5.02 Å². The van der Waals surface area contributed by atoms with E-state index in [9.17, 15) is 17.2 Å². The SMILES string of the molecule is N=Cc1cc(C#Cc2c(F)ccc(NS(=O)(=O)c3ccc(Br)c(Cl)c3)c2F)cnc1N. The van der Waals surface area contributed by atoms with Crippen LogP contribution in [-0.4, -0.2) is 19.6 Å². The molecule has 158 valence electrons. The lowest BCUT2D eigenvalue weighted by Crippen LogP contribution is -2.14. The Labute approximate surface area is 190 Å². The van der Waals surface area contributed by atoms with E-state index in [0.29, 0.717) is 10.0 Å². The maximum atomic E-state index is 14.9. The Kier molecular flexibility index (Phi) is 6.59. The number of hydrogen-bond donors (Lipinski definition) is 3. The third-order valence-electron chi connectivity index (χ3n) is 3.97. The van der Waals surface area contributed by atoms with Crippen LogP contribution >= 0.6 is 27.5 Å². The lowest BCUT2D eigenvalue weighted by atomic mass is 10.1. The molecule has 3 rings (SSSR count). The Morgan fingerprint density at radius 1 is 1.19 bits per heavy atom. The quantitative estimate of drug-likeness (QED) is 0.343. The van der Waals surface area contributed by atoms with Crippen LogP contribution in [0.15, 0.2) is 52.0 Å². The Bertz CT molecular complexity index is 1370. The number of nitrogens with zero attached hydrogens (tertiary/aromatic N) is 1. The summed E-state index contributed by atoms with van der Waals surface area (Å²) in [6.45, 7) is 0. The summed E-state index contributed by atoms with van der Waals surface area (Å²) < 4.78 is 56.7. The molecule has 1 heterocycles. The highest BCUT2D eigenvalue weighted by molar-refractivity contribution is 9.10. The number of aromatic nitrogens is 1. The Morgan fingerprint density at radius 3 is 2.61 bits per heavy atom. The zero-order valence-corrected chi connectivity index (χ0v) is 18.5. The van der Waals surface area contributed by atoms with Gasteiger partial charge in [-0.1, -0.05) is 23.4 Å². The minimum atomic E-state index is -4.20. The molecule has 0 spiro atoms. The molecule has 0 saturated heterocycles. The molecule has 0 aliphatic heterocycles. The van der Waals surface area contributed by atoms with Gasteiger partial charge in [0, 0.05) is 28.0 Å². The van der Waals surface area contributed by atoms with Crippen molar-refractivity contribution in [1.29, 1.82) is 5.41 Å². The Hall–Kier alpha value is -3.00. The maximum Gasteiger partial charge on any atom is 0.262 e. The molecule has 6 nitrogen and oxygen atoms in total. The number of nitrogen functional groups attached to an aromatic ring is 1. The van der Waals surface area contributed by atoms with E-state index in [1.165, 1.54) is 30.5 Å². The monoisotopic (exact) mass is 524 g/mol. The predicted octanol–water partition coefficient (Wildman–Crippen LogP) is 4.56. The molecule has 4 N–H and O–H groups in total. The van der Waals surface area contributed by atoms with Gasteiger partial charge in [-0.05, 0) is 52.3 Å². The maximum absolute atomic E-state index is 14.9. The number of anilines is 2. The summed E-state index contributed by atoms with van der Waals surface area (Å²) in [7, 11) is -4.20. The molecule has 0 atom stereocenters. The number of benzene rings is 2. The average Bonchev–Trinajstić information content (AvgIpc) is 2.73. The molecular weight excluding hydrogens is 514 g/mol. The highest BCUT2D eigenvalue weighted by Crippen LogP contribution is 2.28. The summed E-state index contributed by atoms with van der Waals surface area (Å²) in [6, 6.07) is 7.16. The van der Waals surface area contributed by atoms with E-state index in [4.69, 9.17) is 22.7 Å². The van der Waals surface area contributed by atoms with Crippen molar-refractivity contribution in [2.75, 3.05) is 10.5 Å². The van der Waals surface area contributed by atoms with Gasteiger partial charge >= 0.3 is 0 Å². The number of halogens is 4. The fraction of sp³-hybridized carbons (Fsp3) is 0. The smallest absolute Gasteiger partial charge is 0.262 e. The zero-order valence-electron chi connectivity index (χ0n) is 15.4. The highest BCUT2D eigenvalue weighted by atomic mass is 79.9. The van der Waals surface area contributed by atoms with Gasteiger partial charge in [-0.3, -0.25) is 4.72 Å². The van der Waals surface area contributed by atoms with E-state index < -0.39 is 32.9 Å². The molecule has 0 unspecified atom stereocenters. The van der Waals surface area contributed by atoms with Crippen molar-refractivity contribution < 1.29 is 17.2 Å². The first kappa shape index (κ1) is 22.7.